The number of carboxylic acids is 1. The molecule has 1 aliphatic heterocycles. The Kier molecular flexibility index (Phi) is 8.88. The first kappa shape index (κ1) is 33.2. The van der Waals surface area contributed by atoms with E-state index in [0.717, 1.165) is 27.7 Å². The third kappa shape index (κ3) is 7.00. The third-order valence-electron chi connectivity index (χ3n) is 7.17. The lowest BCUT2D eigenvalue weighted by Gasteiger charge is -2.23. The number of alkyl halides is 6. The van der Waals surface area contributed by atoms with Gasteiger partial charge in [0, 0.05) is 54.2 Å². The molecule has 47 heavy (non-hydrogen) atoms. The minimum atomic E-state index is -4.92. The standard InChI is InChI=1S/C31H25F7N4O5/c1-3-41-12-18(28(39-41)30(33,34)35)8-17-9-20(22-13-42(4-2)40-29(22)31(36,37)38)27-21(10-17)26(45)19(14-47-27)7-16-5-6-23(32)24(11-16)46-15-25(43)44/h5-7,9-13H,3-4,8,14-15H2,1-2H3,(H,43,44). The number of carboxylic acid groups (broad SMARTS) is 1. The van der Waals surface area contributed by atoms with Crippen LogP contribution >= 0.6 is 0 Å². The van der Waals surface area contributed by atoms with E-state index in [-0.39, 0.29) is 52.2 Å². The Hall–Kier alpha value is -5.15. The summed E-state index contributed by atoms with van der Waals surface area (Å²) < 4.78 is 111. The third-order valence-corrected chi connectivity index (χ3v) is 7.17. The number of fused-ring (bicyclic) bond motifs is 1. The molecule has 1 N–H and O–H groups in total. The van der Waals surface area contributed by atoms with E-state index >= 15 is 0 Å². The molecular weight excluding hydrogens is 641 g/mol. The average Bonchev–Trinajstić information content (AvgIpc) is 3.63. The van der Waals surface area contributed by atoms with Gasteiger partial charge in [0.1, 0.15) is 12.4 Å². The molecule has 4 aromatic rings. The van der Waals surface area contributed by atoms with Gasteiger partial charge in [0.05, 0.1) is 5.56 Å². The molecule has 248 valence electrons. The van der Waals surface area contributed by atoms with Crippen molar-refractivity contribution in [2.24, 2.45) is 0 Å². The fourth-order valence-corrected chi connectivity index (χ4v) is 5.07. The highest BCUT2D eigenvalue weighted by molar-refractivity contribution is 6.15. The second-order valence-corrected chi connectivity index (χ2v) is 10.5. The number of carbonyl (C=O) groups is 2. The Morgan fingerprint density at radius 1 is 0.957 bits per heavy atom. The highest BCUT2D eigenvalue weighted by atomic mass is 19.4. The Balaban J connectivity index is 1.65. The van der Waals surface area contributed by atoms with Crippen molar-refractivity contribution < 1.29 is 54.9 Å². The zero-order valence-electron chi connectivity index (χ0n) is 24.7. The minimum Gasteiger partial charge on any atom is -0.487 e. The van der Waals surface area contributed by atoms with Gasteiger partial charge in [0.25, 0.3) is 0 Å². The van der Waals surface area contributed by atoms with Crippen LogP contribution in [0.2, 0.25) is 0 Å². The smallest absolute Gasteiger partial charge is 0.435 e. The van der Waals surface area contributed by atoms with E-state index in [0.29, 0.717) is 0 Å². The molecular formula is C31H25F7N4O5. The predicted octanol–water partition coefficient (Wildman–Crippen LogP) is 6.68. The molecule has 0 spiro atoms. The van der Waals surface area contributed by atoms with E-state index in [4.69, 9.17) is 14.6 Å². The normalized spacial score (nSPS) is 14.3. The number of hydrogen-bond acceptors (Lipinski definition) is 6. The van der Waals surface area contributed by atoms with Gasteiger partial charge >= 0.3 is 18.3 Å². The summed E-state index contributed by atoms with van der Waals surface area (Å²) in [5, 5.41) is 16.1. The summed E-state index contributed by atoms with van der Waals surface area (Å²) >= 11 is 0. The highest BCUT2D eigenvalue weighted by Crippen LogP contribution is 2.44. The lowest BCUT2D eigenvalue weighted by molar-refractivity contribution is -0.142. The van der Waals surface area contributed by atoms with E-state index in [1.807, 2.05) is 0 Å². The van der Waals surface area contributed by atoms with E-state index in [1.165, 1.54) is 30.5 Å². The first-order valence-corrected chi connectivity index (χ1v) is 14.1. The van der Waals surface area contributed by atoms with Crippen LogP contribution in [0, 0.1) is 5.82 Å². The van der Waals surface area contributed by atoms with Gasteiger partial charge in [0.15, 0.2) is 35.3 Å². The second-order valence-electron chi connectivity index (χ2n) is 10.5. The number of halogens is 7. The minimum absolute atomic E-state index is 0.0218. The number of carbonyl (C=O) groups excluding carboxylic acids is 1. The number of aliphatic carboxylic acids is 1. The lowest BCUT2D eigenvalue weighted by atomic mass is 9.90. The number of hydrogen-bond donors (Lipinski definition) is 1. The van der Waals surface area contributed by atoms with Gasteiger partial charge in [-0.2, -0.15) is 36.5 Å². The summed E-state index contributed by atoms with van der Waals surface area (Å²) in [5.74, 6) is -3.55. The maximum absolute atomic E-state index is 14.2. The first-order chi connectivity index (χ1) is 22.1. The van der Waals surface area contributed by atoms with E-state index in [2.05, 4.69) is 10.2 Å². The van der Waals surface area contributed by atoms with Gasteiger partial charge in [0.2, 0.25) is 0 Å². The van der Waals surface area contributed by atoms with Crippen LogP contribution in [0.1, 0.15) is 52.3 Å². The van der Waals surface area contributed by atoms with E-state index in [1.54, 1.807) is 13.8 Å². The number of rotatable bonds is 9. The van der Waals surface area contributed by atoms with Crippen molar-refractivity contribution in [3.05, 3.63) is 87.8 Å². The van der Waals surface area contributed by atoms with Gasteiger partial charge in [-0.25, -0.2) is 9.18 Å². The molecule has 1 aliphatic rings. The highest BCUT2D eigenvalue weighted by Gasteiger charge is 2.40. The monoisotopic (exact) mass is 666 g/mol. The molecule has 0 bridgehead atoms. The van der Waals surface area contributed by atoms with Gasteiger partial charge in [-0.05, 0) is 55.3 Å². The topological polar surface area (TPSA) is 108 Å². The fraction of sp³-hybridized carbons (Fsp3) is 0.290. The van der Waals surface area contributed by atoms with Crippen LogP contribution in [0.3, 0.4) is 0 Å². The number of aromatic nitrogens is 4. The molecule has 5 rings (SSSR count). The van der Waals surface area contributed by atoms with Crippen LogP contribution < -0.4 is 9.47 Å². The number of benzene rings is 2. The number of nitrogens with zero attached hydrogens (tertiary/aromatic N) is 4. The quantitative estimate of drug-likeness (QED) is 0.157. The van der Waals surface area contributed by atoms with Crippen molar-refractivity contribution in [3.63, 3.8) is 0 Å². The maximum Gasteiger partial charge on any atom is 0.435 e. The van der Waals surface area contributed by atoms with Crippen molar-refractivity contribution >= 4 is 17.8 Å². The summed E-state index contributed by atoms with van der Waals surface area (Å²) in [6, 6.07) is 5.90. The molecule has 0 saturated carbocycles. The molecule has 0 aliphatic carbocycles. The second kappa shape index (κ2) is 12.6. The van der Waals surface area contributed by atoms with Crippen molar-refractivity contribution in [1.82, 2.24) is 19.6 Å². The predicted molar refractivity (Wildman–Crippen MR) is 151 cm³/mol. The van der Waals surface area contributed by atoms with Gasteiger partial charge < -0.3 is 14.6 Å². The van der Waals surface area contributed by atoms with Crippen LogP contribution in [-0.4, -0.2) is 49.6 Å². The SMILES string of the molecule is CCn1cc(Cc2cc3c(c(-c4cn(CC)nc4C(F)(F)F)c2)OCC(=Cc2ccc(F)c(OCC(=O)O)c2)C3=O)c(C(F)(F)F)n1. The molecule has 0 saturated heterocycles. The van der Waals surface area contributed by atoms with Gasteiger partial charge in [-0.3, -0.25) is 14.2 Å². The first-order valence-electron chi connectivity index (χ1n) is 14.1. The largest absolute Gasteiger partial charge is 0.487 e. The van der Waals surface area contributed by atoms with Crippen LogP contribution in [0.15, 0.2) is 48.3 Å². The number of aryl methyl sites for hydroxylation is 2. The van der Waals surface area contributed by atoms with E-state index < -0.39 is 72.3 Å². The summed E-state index contributed by atoms with van der Waals surface area (Å²) in [4.78, 5) is 24.7. The molecule has 0 amide bonds. The van der Waals surface area contributed by atoms with Crippen molar-refractivity contribution in [3.8, 4) is 22.6 Å². The van der Waals surface area contributed by atoms with Gasteiger partial charge in [-0.1, -0.05) is 6.07 Å². The van der Waals surface area contributed by atoms with Crippen LogP contribution in [0.5, 0.6) is 11.5 Å². The molecule has 3 heterocycles. The van der Waals surface area contributed by atoms with Crippen molar-refractivity contribution in [2.45, 2.75) is 45.7 Å². The molecule has 2 aromatic heterocycles. The van der Waals surface area contributed by atoms with Gasteiger partial charge in [-0.15, -0.1) is 0 Å². The molecule has 0 radical (unpaired) electrons. The Morgan fingerprint density at radius 3 is 2.23 bits per heavy atom. The lowest BCUT2D eigenvalue weighted by Crippen LogP contribution is -2.20. The summed E-state index contributed by atoms with van der Waals surface area (Å²) in [6.45, 7) is 2.09. The maximum atomic E-state index is 14.2. The number of ketones is 1. The Morgan fingerprint density at radius 2 is 1.60 bits per heavy atom. The molecule has 0 atom stereocenters. The Labute approximate surface area is 261 Å². The molecule has 2 aromatic carbocycles. The van der Waals surface area contributed by atoms with Crippen molar-refractivity contribution in [2.75, 3.05) is 13.2 Å². The molecule has 16 heteroatoms. The number of Topliss-reactive ketones (excluding diaryl/α,β-unsaturated/α-hetero) is 1. The summed E-state index contributed by atoms with van der Waals surface area (Å²) in [7, 11) is 0. The molecule has 0 fully saturated rings. The van der Waals surface area contributed by atoms with Crippen molar-refractivity contribution in [1.29, 1.82) is 0 Å². The zero-order valence-corrected chi connectivity index (χ0v) is 24.7. The zero-order chi connectivity index (χ0) is 34.3. The van der Waals surface area contributed by atoms with Crippen LogP contribution in [0.4, 0.5) is 30.7 Å². The van der Waals surface area contributed by atoms with Crippen LogP contribution in [-0.2, 0) is 36.7 Å². The molecule has 0 unspecified atom stereocenters. The summed E-state index contributed by atoms with van der Waals surface area (Å²) in [5.41, 5.74) is -3.29. The van der Waals surface area contributed by atoms with E-state index in [9.17, 15) is 40.3 Å². The molecule has 9 nitrogen and oxygen atoms in total. The Bertz CT molecular complexity index is 1890. The average molecular weight is 667 g/mol. The van der Waals surface area contributed by atoms with Crippen LogP contribution in [0.25, 0.3) is 17.2 Å². The number of ether oxygens (including phenoxy) is 2. The fourth-order valence-electron chi connectivity index (χ4n) is 5.07. The summed E-state index contributed by atoms with van der Waals surface area (Å²) in [6.07, 6.45) is -6.58.